The molecule has 1 amide bonds. The van der Waals surface area contributed by atoms with E-state index in [2.05, 4.69) is 4.98 Å². The van der Waals surface area contributed by atoms with Crippen LogP contribution < -0.4 is 4.90 Å². The average Bonchev–Trinajstić information content (AvgIpc) is 2.86. The van der Waals surface area contributed by atoms with Crippen molar-refractivity contribution in [2.45, 2.75) is 20.3 Å². The molecular weight excluding hydrogens is 288 g/mol. The van der Waals surface area contributed by atoms with Crippen molar-refractivity contribution in [1.82, 2.24) is 4.98 Å². The maximum absolute atomic E-state index is 12.6. The number of carbonyl (C=O) groups is 2. The Morgan fingerprint density at radius 2 is 1.90 bits per heavy atom. The van der Waals surface area contributed by atoms with Crippen LogP contribution in [0.2, 0.25) is 0 Å². The Morgan fingerprint density at radius 1 is 1.24 bits per heavy atom. The number of aliphatic carboxylic acids is 1. The number of carboxylic acids is 1. The van der Waals surface area contributed by atoms with Crippen molar-refractivity contribution in [2.24, 2.45) is 0 Å². The van der Waals surface area contributed by atoms with Crippen LogP contribution >= 0.6 is 11.3 Å². The molecule has 0 saturated carbocycles. The Bertz CT molecular complexity index is 649. The second-order valence-electron chi connectivity index (χ2n) is 4.70. The van der Waals surface area contributed by atoms with E-state index in [0.717, 1.165) is 5.56 Å². The summed E-state index contributed by atoms with van der Waals surface area (Å²) >= 11 is 1.27. The zero-order chi connectivity index (χ0) is 15.4. The Kier molecular flexibility index (Phi) is 4.70. The second-order valence-corrected chi connectivity index (χ2v) is 5.56. The van der Waals surface area contributed by atoms with Gasteiger partial charge < -0.3 is 10.0 Å². The van der Waals surface area contributed by atoms with E-state index in [1.165, 1.54) is 16.2 Å². The van der Waals surface area contributed by atoms with Gasteiger partial charge in [-0.05, 0) is 26.0 Å². The third-order valence-corrected chi connectivity index (χ3v) is 4.00. The largest absolute Gasteiger partial charge is 0.481 e. The number of benzene rings is 1. The second kappa shape index (κ2) is 6.49. The van der Waals surface area contributed by atoms with Crippen LogP contribution in [0, 0.1) is 13.8 Å². The molecule has 5 nitrogen and oxygen atoms in total. The van der Waals surface area contributed by atoms with Gasteiger partial charge in [0.1, 0.15) is 4.88 Å². The molecule has 0 radical (unpaired) electrons. The first-order chi connectivity index (χ1) is 9.99. The normalized spacial score (nSPS) is 10.4. The van der Waals surface area contributed by atoms with Crippen molar-refractivity contribution >= 4 is 28.9 Å². The highest BCUT2D eigenvalue weighted by atomic mass is 32.1. The Balaban J connectivity index is 2.31. The fourth-order valence-electron chi connectivity index (χ4n) is 1.91. The number of rotatable bonds is 5. The number of aromatic nitrogens is 1. The van der Waals surface area contributed by atoms with E-state index >= 15 is 0 Å². The summed E-state index contributed by atoms with van der Waals surface area (Å²) < 4.78 is 0. The average molecular weight is 304 g/mol. The predicted molar refractivity (Wildman–Crippen MR) is 82.0 cm³/mol. The number of hydrogen-bond donors (Lipinski definition) is 1. The maximum atomic E-state index is 12.6. The highest BCUT2D eigenvalue weighted by Gasteiger charge is 2.21. The molecule has 0 saturated heterocycles. The van der Waals surface area contributed by atoms with Crippen LogP contribution in [0.1, 0.15) is 27.3 Å². The first-order valence-corrected chi connectivity index (χ1v) is 7.37. The van der Waals surface area contributed by atoms with Gasteiger partial charge in [0, 0.05) is 12.2 Å². The van der Waals surface area contributed by atoms with Gasteiger partial charge in [0.25, 0.3) is 5.91 Å². The van der Waals surface area contributed by atoms with Crippen LogP contribution in [-0.4, -0.2) is 28.5 Å². The first kappa shape index (κ1) is 15.2. The molecule has 0 aliphatic rings. The van der Waals surface area contributed by atoms with Crippen molar-refractivity contribution in [2.75, 3.05) is 11.4 Å². The molecule has 21 heavy (non-hydrogen) atoms. The van der Waals surface area contributed by atoms with Crippen LogP contribution in [0.3, 0.4) is 0 Å². The fourth-order valence-corrected chi connectivity index (χ4v) is 2.66. The van der Waals surface area contributed by atoms with Crippen LogP contribution in [0.15, 0.2) is 29.8 Å². The van der Waals surface area contributed by atoms with Gasteiger partial charge >= 0.3 is 5.97 Å². The predicted octanol–water partition coefficient (Wildman–Crippen LogP) is 2.88. The van der Waals surface area contributed by atoms with E-state index < -0.39 is 5.97 Å². The number of carbonyl (C=O) groups excluding carboxylic acids is 1. The van der Waals surface area contributed by atoms with Crippen LogP contribution in [0.4, 0.5) is 5.69 Å². The lowest BCUT2D eigenvalue weighted by Gasteiger charge is -2.22. The quantitative estimate of drug-likeness (QED) is 0.922. The zero-order valence-electron chi connectivity index (χ0n) is 11.9. The topological polar surface area (TPSA) is 70.5 Å². The van der Waals surface area contributed by atoms with E-state index in [-0.39, 0.29) is 18.9 Å². The lowest BCUT2D eigenvalue weighted by Crippen LogP contribution is -2.33. The number of aryl methyl sites for hydroxylation is 2. The molecule has 1 aromatic heterocycles. The lowest BCUT2D eigenvalue weighted by atomic mass is 10.2. The van der Waals surface area contributed by atoms with Gasteiger partial charge in [-0.25, -0.2) is 4.98 Å². The number of hydrogen-bond acceptors (Lipinski definition) is 4. The summed E-state index contributed by atoms with van der Waals surface area (Å²) in [7, 11) is 0. The van der Waals surface area contributed by atoms with Gasteiger partial charge in [-0.2, -0.15) is 0 Å². The minimum Gasteiger partial charge on any atom is -0.481 e. The third-order valence-electron chi connectivity index (χ3n) is 3.08. The highest BCUT2D eigenvalue weighted by Crippen LogP contribution is 2.22. The Labute approximate surface area is 126 Å². The molecule has 110 valence electrons. The van der Waals surface area contributed by atoms with Gasteiger partial charge in [0.05, 0.1) is 17.6 Å². The molecule has 1 heterocycles. The van der Waals surface area contributed by atoms with Gasteiger partial charge in [0.2, 0.25) is 0 Å². The Hall–Kier alpha value is -2.21. The van der Waals surface area contributed by atoms with Crippen molar-refractivity contribution in [3.05, 3.63) is 45.9 Å². The number of anilines is 1. The summed E-state index contributed by atoms with van der Waals surface area (Å²) in [4.78, 5) is 29.6. The SMILES string of the molecule is Cc1ccc(N(CCC(=O)O)C(=O)c2scnc2C)cc1. The fraction of sp³-hybridized carbons (Fsp3) is 0.267. The first-order valence-electron chi connectivity index (χ1n) is 6.49. The molecule has 2 aromatic rings. The third kappa shape index (κ3) is 3.66. The maximum Gasteiger partial charge on any atom is 0.305 e. The summed E-state index contributed by atoms with van der Waals surface area (Å²) in [5.74, 6) is -1.14. The summed E-state index contributed by atoms with van der Waals surface area (Å²) in [6.45, 7) is 3.86. The molecule has 0 spiro atoms. The summed E-state index contributed by atoms with van der Waals surface area (Å²) in [6, 6.07) is 7.45. The van der Waals surface area contributed by atoms with E-state index in [9.17, 15) is 9.59 Å². The van der Waals surface area contributed by atoms with Crippen molar-refractivity contribution in [3.63, 3.8) is 0 Å². The van der Waals surface area contributed by atoms with Gasteiger partial charge in [0.15, 0.2) is 0 Å². The van der Waals surface area contributed by atoms with Crippen molar-refractivity contribution in [1.29, 1.82) is 0 Å². The molecule has 6 heteroatoms. The molecule has 0 aliphatic heterocycles. The smallest absolute Gasteiger partial charge is 0.305 e. The number of amides is 1. The monoisotopic (exact) mass is 304 g/mol. The van der Waals surface area contributed by atoms with Crippen LogP contribution in [-0.2, 0) is 4.79 Å². The molecule has 0 atom stereocenters. The standard InChI is InChI=1S/C15H16N2O3S/c1-10-3-5-12(6-4-10)17(8-7-13(18)19)15(20)14-11(2)16-9-21-14/h3-6,9H,7-8H2,1-2H3,(H,18,19). The molecule has 2 rings (SSSR count). The van der Waals surface area contributed by atoms with Gasteiger partial charge in [-0.3, -0.25) is 9.59 Å². The molecule has 1 N–H and O–H groups in total. The minimum absolute atomic E-state index is 0.0997. The van der Waals surface area contributed by atoms with Crippen LogP contribution in [0.25, 0.3) is 0 Å². The van der Waals surface area contributed by atoms with Gasteiger partial charge in [-0.1, -0.05) is 17.7 Å². The molecular formula is C15H16N2O3S. The molecule has 0 unspecified atom stereocenters. The summed E-state index contributed by atoms with van der Waals surface area (Å²) in [6.07, 6.45) is -0.0997. The number of nitrogens with zero attached hydrogens (tertiary/aromatic N) is 2. The molecule has 1 aromatic carbocycles. The molecule has 0 bridgehead atoms. The van der Waals surface area contributed by atoms with Crippen LogP contribution in [0.5, 0.6) is 0 Å². The van der Waals surface area contributed by atoms with E-state index in [0.29, 0.717) is 16.3 Å². The van der Waals surface area contributed by atoms with E-state index in [4.69, 9.17) is 5.11 Å². The van der Waals surface area contributed by atoms with Crippen molar-refractivity contribution in [3.8, 4) is 0 Å². The summed E-state index contributed by atoms with van der Waals surface area (Å²) in [5, 5.41) is 8.87. The van der Waals surface area contributed by atoms with E-state index in [1.54, 1.807) is 12.4 Å². The lowest BCUT2D eigenvalue weighted by molar-refractivity contribution is -0.136. The number of carboxylic acid groups (broad SMARTS) is 1. The summed E-state index contributed by atoms with van der Waals surface area (Å²) in [5.41, 5.74) is 4.06. The minimum atomic E-state index is -0.930. The molecule has 0 aliphatic carbocycles. The van der Waals surface area contributed by atoms with Crippen molar-refractivity contribution < 1.29 is 14.7 Å². The highest BCUT2D eigenvalue weighted by molar-refractivity contribution is 7.12. The zero-order valence-corrected chi connectivity index (χ0v) is 12.7. The molecule has 0 fully saturated rings. The van der Waals surface area contributed by atoms with Gasteiger partial charge in [-0.15, -0.1) is 11.3 Å². The number of thiazole rings is 1. The Morgan fingerprint density at radius 3 is 2.43 bits per heavy atom. The van der Waals surface area contributed by atoms with E-state index in [1.807, 2.05) is 31.2 Å².